The number of rotatable bonds is 8. The van der Waals surface area contributed by atoms with E-state index < -0.39 is 10.0 Å². The summed E-state index contributed by atoms with van der Waals surface area (Å²) < 4.78 is 37.7. The first-order valence-electron chi connectivity index (χ1n) is 9.55. The molecule has 29 heavy (non-hydrogen) atoms. The SMILES string of the molecule is COc1cccc(NC(=O)CCc2cc(S(=O)(=O)N3CCCC3)ccc2OC)c1. The van der Waals surface area contributed by atoms with Crippen molar-refractivity contribution in [2.45, 2.75) is 30.6 Å². The first-order chi connectivity index (χ1) is 13.9. The van der Waals surface area contributed by atoms with Crippen molar-refractivity contribution in [1.29, 1.82) is 0 Å². The lowest BCUT2D eigenvalue weighted by Gasteiger charge is -2.17. The molecule has 0 aromatic heterocycles. The van der Waals surface area contributed by atoms with Crippen molar-refractivity contribution in [1.82, 2.24) is 4.31 Å². The van der Waals surface area contributed by atoms with Crippen molar-refractivity contribution < 1.29 is 22.7 Å². The van der Waals surface area contributed by atoms with Crippen LogP contribution in [0.25, 0.3) is 0 Å². The molecule has 0 spiro atoms. The highest BCUT2D eigenvalue weighted by atomic mass is 32.2. The van der Waals surface area contributed by atoms with Crippen molar-refractivity contribution >= 4 is 21.6 Å². The first kappa shape index (κ1) is 21.1. The van der Waals surface area contributed by atoms with Gasteiger partial charge in [0, 0.05) is 31.3 Å². The lowest BCUT2D eigenvalue weighted by molar-refractivity contribution is -0.116. The zero-order valence-electron chi connectivity index (χ0n) is 16.7. The summed E-state index contributed by atoms with van der Waals surface area (Å²) in [6.45, 7) is 1.10. The number of benzene rings is 2. The largest absolute Gasteiger partial charge is 0.497 e. The summed E-state index contributed by atoms with van der Waals surface area (Å²) in [5.74, 6) is 1.05. The fourth-order valence-electron chi connectivity index (χ4n) is 3.36. The summed E-state index contributed by atoms with van der Waals surface area (Å²) in [5.41, 5.74) is 1.33. The molecule has 0 bridgehead atoms. The van der Waals surface area contributed by atoms with Crippen molar-refractivity contribution in [3.8, 4) is 11.5 Å². The van der Waals surface area contributed by atoms with Gasteiger partial charge in [-0.15, -0.1) is 0 Å². The molecule has 0 atom stereocenters. The second kappa shape index (κ2) is 9.28. The third-order valence-corrected chi connectivity index (χ3v) is 6.82. The Morgan fingerprint density at radius 1 is 1.07 bits per heavy atom. The molecule has 1 aliphatic rings. The fourth-order valence-corrected chi connectivity index (χ4v) is 4.93. The van der Waals surface area contributed by atoms with Crippen molar-refractivity contribution in [3.05, 3.63) is 48.0 Å². The average Bonchev–Trinajstić information content (AvgIpc) is 3.28. The van der Waals surface area contributed by atoms with Crippen LogP contribution >= 0.6 is 0 Å². The van der Waals surface area contributed by atoms with Gasteiger partial charge in [-0.2, -0.15) is 4.31 Å². The van der Waals surface area contributed by atoms with Crippen LogP contribution in [-0.4, -0.2) is 45.9 Å². The fraction of sp³-hybridized carbons (Fsp3) is 0.381. The first-order valence-corrected chi connectivity index (χ1v) is 11.0. The van der Waals surface area contributed by atoms with Crippen LogP contribution in [-0.2, 0) is 21.2 Å². The van der Waals surface area contributed by atoms with E-state index in [2.05, 4.69) is 5.32 Å². The molecule has 156 valence electrons. The van der Waals surface area contributed by atoms with E-state index in [-0.39, 0.29) is 17.2 Å². The maximum Gasteiger partial charge on any atom is 0.243 e. The number of amides is 1. The molecule has 2 aromatic carbocycles. The van der Waals surface area contributed by atoms with E-state index in [0.717, 1.165) is 12.8 Å². The van der Waals surface area contributed by atoms with Gasteiger partial charge in [0.25, 0.3) is 0 Å². The monoisotopic (exact) mass is 418 g/mol. The Bertz CT molecular complexity index is 969. The molecule has 1 N–H and O–H groups in total. The molecule has 1 heterocycles. The van der Waals surface area contributed by atoms with E-state index >= 15 is 0 Å². The van der Waals surface area contributed by atoms with Crippen LogP contribution in [0.15, 0.2) is 47.4 Å². The van der Waals surface area contributed by atoms with Crippen molar-refractivity contribution in [2.24, 2.45) is 0 Å². The van der Waals surface area contributed by atoms with Gasteiger partial charge in [-0.1, -0.05) is 6.07 Å². The molecular weight excluding hydrogens is 392 g/mol. The number of ether oxygens (including phenoxy) is 2. The normalized spacial score (nSPS) is 14.6. The van der Waals surface area contributed by atoms with E-state index in [1.807, 2.05) is 0 Å². The predicted molar refractivity (Wildman–Crippen MR) is 111 cm³/mol. The van der Waals surface area contributed by atoms with E-state index in [1.54, 1.807) is 49.6 Å². The quantitative estimate of drug-likeness (QED) is 0.712. The molecule has 0 radical (unpaired) electrons. The number of nitrogens with zero attached hydrogens (tertiary/aromatic N) is 1. The van der Waals surface area contributed by atoms with Gasteiger partial charge in [-0.25, -0.2) is 8.42 Å². The summed E-state index contributed by atoms with van der Waals surface area (Å²) >= 11 is 0. The summed E-state index contributed by atoms with van der Waals surface area (Å²) in [6, 6.07) is 11.9. The van der Waals surface area contributed by atoms with Gasteiger partial charge >= 0.3 is 0 Å². The zero-order valence-corrected chi connectivity index (χ0v) is 17.5. The smallest absolute Gasteiger partial charge is 0.243 e. The summed E-state index contributed by atoms with van der Waals surface area (Å²) in [7, 11) is -0.420. The molecule has 8 heteroatoms. The highest BCUT2D eigenvalue weighted by Gasteiger charge is 2.27. The molecule has 7 nitrogen and oxygen atoms in total. The van der Waals surface area contributed by atoms with Crippen molar-refractivity contribution in [2.75, 3.05) is 32.6 Å². The van der Waals surface area contributed by atoms with Gasteiger partial charge in [0.15, 0.2) is 0 Å². The summed E-state index contributed by atoms with van der Waals surface area (Å²) in [6.07, 6.45) is 2.32. The highest BCUT2D eigenvalue weighted by Crippen LogP contribution is 2.27. The van der Waals surface area contributed by atoms with E-state index in [0.29, 0.717) is 42.3 Å². The lowest BCUT2D eigenvalue weighted by Crippen LogP contribution is -2.28. The van der Waals surface area contributed by atoms with Gasteiger partial charge in [0.1, 0.15) is 11.5 Å². The second-order valence-corrected chi connectivity index (χ2v) is 8.80. The minimum absolute atomic E-state index is 0.173. The molecule has 1 amide bonds. The molecule has 0 saturated carbocycles. The molecule has 1 aliphatic heterocycles. The number of methoxy groups -OCH3 is 2. The Balaban J connectivity index is 1.71. The highest BCUT2D eigenvalue weighted by molar-refractivity contribution is 7.89. The molecule has 3 rings (SSSR count). The summed E-state index contributed by atoms with van der Waals surface area (Å²) in [4.78, 5) is 12.6. The Morgan fingerprint density at radius 3 is 2.52 bits per heavy atom. The molecule has 2 aromatic rings. The molecular formula is C21H26N2O5S. The number of anilines is 1. The topological polar surface area (TPSA) is 84.9 Å². The van der Waals surface area contributed by atoms with E-state index in [1.165, 1.54) is 11.4 Å². The number of sulfonamides is 1. The van der Waals surface area contributed by atoms with Crippen LogP contribution in [0.2, 0.25) is 0 Å². The van der Waals surface area contributed by atoms with Gasteiger partial charge < -0.3 is 14.8 Å². The minimum atomic E-state index is -3.52. The van der Waals surface area contributed by atoms with Crippen LogP contribution in [0.1, 0.15) is 24.8 Å². The van der Waals surface area contributed by atoms with E-state index in [9.17, 15) is 13.2 Å². The third-order valence-electron chi connectivity index (χ3n) is 4.93. The minimum Gasteiger partial charge on any atom is -0.497 e. The maximum atomic E-state index is 12.8. The van der Waals surface area contributed by atoms with Crippen LogP contribution in [0, 0.1) is 0 Å². The molecule has 0 unspecified atom stereocenters. The maximum absolute atomic E-state index is 12.8. The summed E-state index contributed by atoms with van der Waals surface area (Å²) in [5, 5.41) is 2.83. The molecule has 0 aliphatic carbocycles. The number of carbonyl (C=O) groups is 1. The van der Waals surface area contributed by atoms with Crippen LogP contribution in [0.4, 0.5) is 5.69 Å². The Morgan fingerprint density at radius 2 is 1.83 bits per heavy atom. The number of nitrogens with one attached hydrogen (secondary N) is 1. The van der Waals surface area contributed by atoms with Gasteiger partial charge in [0.2, 0.25) is 15.9 Å². The van der Waals surface area contributed by atoms with Crippen molar-refractivity contribution in [3.63, 3.8) is 0 Å². The van der Waals surface area contributed by atoms with Crippen LogP contribution in [0.5, 0.6) is 11.5 Å². The Kier molecular flexibility index (Phi) is 6.76. The number of hydrogen-bond acceptors (Lipinski definition) is 5. The predicted octanol–water partition coefficient (Wildman–Crippen LogP) is 3.06. The van der Waals surface area contributed by atoms with Crippen LogP contribution in [0.3, 0.4) is 0 Å². The van der Waals surface area contributed by atoms with Gasteiger partial charge in [0.05, 0.1) is 19.1 Å². The zero-order chi connectivity index (χ0) is 20.9. The number of carbonyl (C=O) groups excluding carboxylic acids is 1. The standard InChI is InChI=1S/C21H26N2O5S/c1-27-18-7-5-6-17(15-18)22-21(24)11-8-16-14-19(9-10-20(16)28-2)29(25,26)23-12-3-4-13-23/h5-7,9-10,14-15H,3-4,8,11-13H2,1-2H3,(H,22,24). The number of hydrogen-bond donors (Lipinski definition) is 1. The van der Waals surface area contributed by atoms with Crippen LogP contribution < -0.4 is 14.8 Å². The third kappa shape index (κ3) is 5.07. The van der Waals surface area contributed by atoms with Gasteiger partial charge in [-0.05, 0) is 55.2 Å². The second-order valence-electron chi connectivity index (χ2n) is 6.86. The lowest BCUT2D eigenvalue weighted by atomic mass is 10.1. The molecule has 1 saturated heterocycles. The van der Waals surface area contributed by atoms with Gasteiger partial charge in [-0.3, -0.25) is 4.79 Å². The average molecular weight is 419 g/mol. The Hall–Kier alpha value is -2.58. The van der Waals surface area contributed by atoms with E-state index in [4.69, 9.17) is 9.47 Å². The Labute approximate surface area is 171 Å². The number of aryl methyl sites for hydroxylation is 1. The molecule has 1 fully saturated rings.